The van der Waals surface area contributed by atoms with Crippen LogP contribution >= 0.6 is 0 Å². The van der Waals surface area contributed by atoms with Gasteiger partial charge in [0.1, 0.15) is 0 Å². The lowest BCUT2D eigenvalue weighted by Crippen LogP contribution is -2.59. The second kappa shape index (κ2) is 8.19. The molecule has 0 radical (unpaired) electrons. The Kier molecular flexibility index (Phi) is 5.28. The highest BCUT2D eigenvalue weighted by atomic mass is 16.2. The van der Waals surface area contributed by atoms with Crippen LogP contribution in [0.1, 0.15) is 42.0 Å². The minimum absolute atomic E-state index is 0.133. The molecule has 0 spiro atoms. The molecule has 3 atom stereocenters. The molecular formula is C25H31N3O. The van der Waals surface area contributed by atoms with Crippen LogP contribution in [0.25, 0.3) is 0 Å². The summed E-state index contributed by atoms with van der Waals surface area (Å²) in [6.45, 7) is 3.90. The summed E-state index contributed by atoms with van der Waals surface area (Å²) in [5.41, 5.74) is 4.27. The zero-order valence-electron chi connectivity index (χ0n) is 17.1. The number of likely N-dealkylation sites (tertiary alicyclic amines) is 1. The summed E-state index contributed by atoms with van der Waals surface area (Å²) in [5.74, 6) is 0.616. The van der Waals surface area contributed by atoms with Crippen LogP contribution < -0.4 is 5.32 Å². The van der Waals surface area contributed by atoms with Gasteiger partial charge in [-0.15, -0.1) is 0 Å². The topological polar surface area (TPSA) is 35.6 Å². The fraction of sp³-hybridized carbons (Fsp3) is 0.480. The maximum Gasteiger partial charge on any atom is 0.317 e. The molecule has 3 aliphatic rings. The van der Waals surface area contributed by atoms with Crippen molar-refractivity contribution in [1.82, 2.24) is 15.1 Å². The first-order chi connectivity index (χ1) is 14.3. The highest BCUT2D eigenvalue weighted by Gasteiger charge is 2.43. The minimum atomic E-state index is 0.133. The van der Waals surface area contributed by atoms with Gasteiger partial charge in [-0.2, -0.15) is 0 Å². The van der Waals surface area contributed by atoms with Crippen molar-refractivity contribution in [3.8, 4) is 0 Å². The number of fused-ring (bicyclic) bond motifs is 4. The number of rotatable bonds is 3. The summed E-state index contributed by atoms with van der Waals surface area (Å²) < 4.78 is 0. The number of carbonyl (C=O) groups excluding carboxylic acids is 1. The van der Waals surface area contributed by atoms with Gasteiger partial charge in [0.25, 0.3) is 0 Å². The fourth-order valence-electron chi connectivity index (χ4n) is 5.71. The SMILES string of the molecule is O=C(NCCc1ccccc1)N1CCC[C@@H]2CN3CCc4ccccc4[C@@H]3C[C@@H]21. The molecule has 5 rings (SSSR count). The molecule has 2 aromatic carbocycles. The molecule has 4 heteroatoms. The summed E-state index contributed by atoms with van der Waals surface area (Å²) in [6, 6.07) is 20.3. The maximum atomic E-state index is 13.1. The second-order valence-corrected chi connectivity index (χ2v) is 8.83. The highest BCUT2D eigenvalue weighted by Crippen LogP contribution is 2.42. The van der Waals surface area contributed by atoms with E-state index in [1.54, 1.807) is 0 Å². The lowest BCUT2D eigenvalue weighted by atomic mass is 9.77. The second-order valence-electron chi connectivity index (χ2n) is 8.83. The summed E-state index contributed by atoms with van der Waals surface area (Å²) in [5, 5.41) is 3.20. The Morgan fingerprint density at radius 2 is 1.86 bits per heavy atom. The van der Waals surface area contributed by atoms with Gasteiger partial charge in [0.2, 0.25) is 0 Å². The van der Waals surface area contributed by atoms with Crippen LogP contribution in [0.2, 0.25) is 0 Å². The average Bonchev–Trinajstić information content (AvgIpc) is 2.78. The van der Waals surface area contributed by atoms with Crippen molar-refractivity contribution in [3.05, 3.63) is 71.3 Å². The van der Waals surface area contributed by atoms with Crippen molar-refractivity contribution in [2.24, 2.45) is 5.92 Å². The largest absolute Gasteiger partial charge is 0.338 e. The molecule has 1 N–H and O–H groups in total. The molecule has 2 amide bonds. The van der Waals surface area contributed by atoms with Gasteiger partial charge < -0.3 is 10.2 Å². The van der Waals surface area contributed by atoms with E-state index in [4.69, 9.17) is 0 Å². The van der Waals surface area contributed by atoms with E-state index in [1.165, 1.54) is 23.1 Å². The molecule has 2 fully saturated rings. The Morgan fingerprint density at radius 1 is 1.03 bits per heavy atom. The van der Waals surface area contributed by atoms with E-state index in [2.05, 4.69) is 63.6 Å². The van der Waals surface area contributed by atoms with Gasteiger partial charge in [-0.3, -0.25) is 4.90 Å². The summed E-state index contributed by atoms with van der Waals surface area (Å²) >= 11 is 0. The minimum Gasteiger partial charge on any atom is -0.338 e. The molecule has 0 aliphatic carbocycles. The molecule has 2 aromatic rings. The fourth-order valence-corrected chi connectivity index (χ4v) is 5.71. The van der Waals surface area contributed by atoms with Crippen LogP contribution in [0.3, 0.4) is 0 Å². The number of hydrogen-bond donors (Lipinski definition) is 1. The van der Waals surface area contributed by atoms with Gasteiger partial charge in [-0.1, -0.05) is 54.6 Å². The van der Waals surface area contributed by atoms with Crippen molar-refractivity contribution < 1.29 is 4.79 Å². The van der Waals surface area contributed by atoms with E-state index in [1.807, 2.05) is 6.07 Å². The Bertz CT molecular complexity index is 852. The van der Waals surface area contributed by atoms with Crippen molar-refractivity contribution >= 4 is 6.03 Å². The van der Waals surface area contributed by atoms with Gasteiger partial charge >= 0.3 is 6.03 Å². The number of carbonyl (C=O) groups is 1. The van der Waals surface area contributed by atoms with Gasteiger partial charge in [0, 0.05) is 38.3 Å². The summed E-state index contributed by atoms with van der Waals surface area (Å²) in [4.78, 5) is 17.9. The van der Waals surface area contributed by atoms with Crippen LogP contribution in [-0.4, -0.2) is 48.1 Å². The molecule has 3 aliphatic heterocycles. The smallest absolute Gasteiger partial charge is 0.317 e. The molecule has 4 nitrogen and oxygen atoms in total. The molecule has 0 aromatic heterocycles. The van der Waals surface area contributed by atoms with Gasteiger partial charge in [0.15, 0.2) is 0 Å². The lowest BCUT2D eigenvalue weighted by molar-refractivity contribution is 0.00579. The number of benzene rings is 2. The van der Waals surface area contributed by atoms with Crippen LogP contribution in [0, 0.1) is 5.92 Å². The quantitative estimate of drug-likeness (QED) is 0.861. The van der Waals surface area contributed by atoms with E-state index in [9.17, 15) is 4.79 Å². The third-order valence-electron chi connectivity index (χ3n) is 7.17. The summed E-state index contributed by atoms with van der Waals surface area (Å²) in [7, 11) is 0. The van der Waals surface area contributed by atoms with Gasteiger partial charge in [0.05, 0.1) is 0 Å². The Balaban J connectivity index is 1.26. The van der Waals surface area contributed by atoms with Crippen LogP contribution in [0.4, 0.5) is 4.79 Å². The normalized spacial score (nSPS) is 26.2. The average molecular weight is 390 g/mol. The monoisotopic (exact) mass is 389 g/mol. The number of nitrogens with one attached hydrogen (secondary N) is 1. The maximum absolute atomic E-state index is 13.1. The molecule has 2 saturated heterocycles. The predicted octanol–water partition coefficient (Wildman–Crippen LogP) is 4.02. The molecule has 0 saturated carbocycles. The van der Waals surface area contributed by atoms with Crippen molar-refractivity contribution in [3.63, 3.8) is 0 Å². The summed E-state index contributed by atoms with van der Waals surface area (Å²) in [6.07, 6.45) is 5.51. The first-order valence-electron chi connectivity index (χ1n) is 11.2. The lowest BCUT2D eigenvalue weighted by Gasteiger charge is -2.52. The Morgan fingerprint density at radius 3 is 2.76 bits per heavy atom. The molecule has 0 bridgehead atoms. The van der Waals surface area contributed by atoms with E-state index in [0.29, 0.717) is 24.5 Å². The third kappa shape index (κ3) is 3.78. The number of hydrogen-bond acceptors (Lipinski definition) is 2. The van der Waals surface area contributed by atoms with Crippen LogP contribution in [0.5, 0.6) is 0 Å². The van der Waals surface area contributed by atoms with Crippen LogP contribution in [-0.2, 0) is 12.8 Å². The van der Waals surface area contributed by atoms with E-state index >= 15 is 0 Å². The zero-order chi connectivity index (χ0) is 19.6. The van der Waals surface area contributed by atoms with Crippen molar-refractivity contribution in [2.75, 3.05) is 26.2 Å². The number of piperidine rings is 2. The van der Waals surface area contributed by atoms with Gasteiger partial charge in [-0.05, 0) is 54.7 Å². The molecule has 3 heterocycles. The number of nitrogens with zero attached hydrogens (tertiary/aromatic N) is 2. The molecule has 29 heavy (non-hydrogen) atoms. The standard InChI is InChI=1S/C25H31N3O/c29-25(26-14-12-19-7-2-1-3-8-19)28-15-6-10-21-18-27-16-13-20-9-4-5-11-22(20)24(27)17-23(21)28/h1-5,7-9,11,21,23-24H,6,10,12-18H2,(H,26,29)/t21-,23+,24+/m1/s1. The third-order valence-corrected chi connectivity index (χ3v) is 7.17. The Labute approximate surface area is 173 Å². The molecule has 0 unspecified atom stereocenters. The first kappa shape index (κ1) is 18.7. The first-order valence-corrected chi connectivity index (χ1v) is 11.2. The van der Waals surface area contributed by atoms with E-state index < -0.39 is 0 Å². The van der Waals surface area contributed by atoms with Gasteiger partial charge in [-0.25, -0.2) is 4.79 Å². The van der Waals surface area contributed by atoms with Crippen molar-refractivity contribution in [2.45, 2.75) is 44.2 Å². The Hall–Kier alpha value is -2.33. The van der Waals surface area contributed by atoms with E-state index in [-0.39, 0.29) is 6.03 Å². The molecular weight excluding hydrogens is 358 g/mol. The number of amides is 2. The zero-order valence-corrected chi connectivity index (χ0v) is 17.1. The molecule has 152 valence electrons. The number of urea groups is 1. The van der Waals surface area contributed by atoms with Crippen molar-refractivity contribution in [1.29, 1.82) is 0 Å². The van der Waals surface area contributed by atoms with Crippen LogP contribution in [0.15, 0.2) is 54.6 Å². The highest BCUT2D eigenvalue weighted by molar-refractivity contribution is 5.74. The van der Waals surface area contributed by atoms with E-state index in [0.717, 1.165) is 45.3 Å². The predicted molar refractivity (Wildman–Crippen MR) is 116 cm³/mol.